The molecule has 2 aliphatic carbocycles. The lowest BCUT2D eigenvalue weighted by Crippen LogP contribution is -2.51. The van der Waals surface area contributed by atoms with Crippen LogP contribution >= 0.6 is 0 Å². The highest BCUT2D eigenvalue weighted by Gasteiger charge is 2.54. The highest BCUT2D eigenvalue weighted by Crippen LogP contribution is 2.50. The molecule has 0 amide bonds. The Morgan fingerprint density at radius 3 is 1.92 bits per heavy atom. The predicted molar refractivity (Wildman–Crippen MR) is 93.6 cm³/mol. The first kappa shape index (κ1) is 19.3. The van der Waals surface area contributed by atoms with Gasteiger partial charge in [0.2, 0.25) is 0 Å². The van der Waals surface area contributed by atoms with Crippen molar-refractivity contribution in [2.45, 2.75) is 91.1 Å². The summed E-state index contributed by atoms with van der Waals surface area (Å²) in [6.07, 6.45) is 10.2. The van der Waals surface area contributed by atoms with Gasteiger partial charge in [0.15, 0.2) is 0 Å². The van der Waals surface area contributed by atoms with Gasteiger partial charge in [-0.2, -0.15) is 0 Å². The molecular formula is C20H34O4. The van der Waals surface area contributed by atoms with Gasteiger partial charge in [0.1, 0.15) is 0 Å². The monoisotopic (exact) mass is 338 g/mol. The van der Waals surface area contributed by atoms with E-state index < -0.39 is 17.3 Å². The van der Waals surface area contributed by atoms with Crippen molar-refractivity contribution in [3.8, 4) is 0 Å². The normalized spacial score (nSPS) is 24.3. The van der Waals surface area contributed by atoms with E-state index in [4.69, 9.17) is 4.74 Å². The molecule has 2 rings (SSSR count). The Hall–Kier alpha value is -1.06. The van der Waals surface area contributed by atoms with Crippen molar-refractivity contribution < 1.29 is 19.4 Å². The van der Waals surface area contributed by atoms with Crippen molar-refractivity contribution in [2.75, 3.05) is 0 Å². The van der Waals surface area contributed by atoms with Crippen LogP contribution in [0.25, 0.3) is 0 Å². The standard InChI is InChI=1S/C20H34O4/c1-14(2)24-19(23)20(3,16-12-8-5-9-13-16)17(18(21)22)15-10-6-4-7-11-15/h14-17H,4-13H2,1-3H3,(H,21,22)/t17-,20-/m1/s1. The van der Waals surface area contributed by atoms with Crippen LogP contribution in [0, 0.1) is 23.2 Å². The van der Waals surface area contributed by atoms with Crippen molar-refractivity contribution in [3.63, 3.8) is 0 Å². The fraction of sp³-hybridized carbons (Fsp3) is 0.900. The number of rotatable bonds is 6. The van der Waals surface area contributed by atoms with Gasteiger partial charge in [0, 0.05) is 0 Å². The molecule has 0 aromatic rings. The molecule has 24 heavy (non-hydrogen) atoms. The molecule has 0 saturated heterocycles. The van der Waals surface area contributed by atoms with Gasteiger partial charge in [0.25, 0.3) is 0 Å². The van der Waals surface area contributed by atoms with Crippen LogP contribution in [0.3, 0.4) is 0 Å². The Labute approximate surface area is 146 Å². The Morgan fingerprint density at radius 2 is 1.46 bits per heavy atom. The van der Waals surface area contributed by atoms with E-state index >= 15 is 0 Å². The van der Waals surface area contributed by atoms with Crippen LogP contribution in [-0.4, -0.2) is 23.1 Å². The third-order valence-corrected chi connectivity index (χ3v) is 6.27. The summed E-state index contributed by atoms with van der Waals surface area (Å²) in [5.41, 5.74) is -0.904. The SMILES string of the molecule is CC(C)OC(=O)[C@](C)(C1CCCCC1)[C@@H](C(=O)O)C1CCCCC1. The number of esters is 1. The van der Waals surface area contributed by atoms with Crippen LogP contribution in [0.2, 0.25) is 0 Å². The fourth-order valence-corrected chi connectivity index (χ4v) is 5.01. The maximum absolute atomic E-state index is 13.1. The second-order valence-corrected chi connectivity index (χ2v) is 8.29. The van der Waals surface area contributed by atoms with Crippen LogP contribution in [0.1, 0.15) is 85.0 Å². The first-order chi connectivity index (χ1) is 11.4. The van der Waals surface area contributed by atoms with Crippen molar-refractivity contribution in [1.82, 2.24) is 0 Å². The molecule has 0 aromatic heterocycles. The molecule has 0 aliphatic heterocycles. The summed E-state index contributed by atoms with van der Waals surface area (Å²) in [6, 6.07) is 0. The third-order valence-electron chi connectivity index (χ3n) is 6.27. The largest absolute Gasteiger partial charge is 0.481 e. The number of carbonyl (C=O) groups excluding carboxylic acids is 1. The zero-order valence-corrected chi connectivity index (χ0v) is 15.6. The van der Waals surface area contributed by atoms with Gasteiger partial charge in [-0.25, -0.2) is 0 Å². The molecule has 1 N–H and O–H groups in total. The molecular weight excluding hydrogens is 304 g/mol. The second kappa shape index (κ2) is 8.35. The molecule has 0 unspecified atom stereocenters. The topological polar surface area (TPSA) is 63.6 Å². The van der Waals surface area contributed by atoms with Crippen LogP contribution in [0.4, 0.5) is 0 Å². The van der Waals surface area contributed by atoms with E-state index in [-0.39, 0.29) is 23.9 Å². The molecule has 0 spiro atoms. The number of carboxylic acid groups (broad SMARTS) is 1. The minimum atomic E-state index is -0.904. The second-order valence-electron chi connectivity index (χ2n) is 8.29. The lowest BCUT2D eigenvalue weighted by molar-refractivity contribution is -0.179. The van der Waals surface area contributed by atoms with E-state index in [2.05, 4.69) is 0 Å². The van der Waals surface area contributed by atoms with Crippen LogP contribution in [0.5, 0.6) is 0 Å². The molecule has 0 radical (unpaired) electrons. The average molecular weight is 338 g/mol. The Morgan fingerprint density at radius 1 is 0.958 bits per heavy atom. The zero-order chi connectivity index (χ0) is 17.7. The summed E-state index contributed by atoms with van der Waals surface area (Å²) in [5, 5.41) is 10.1. The molecule has 4 heteroatoms. The molecule has 4 nitrogen and oxygen atoms in total. The van der Waals surface area contributed by atoms with Crippen molar-refractivity contribution in [3.05, 3.63) is 0 Å². The van der Waals surface area contributed by atoms with Gasteiger partial charge >= 0.3 is 11.9 Å². The summed E-state index contributed by atoms with van der Waals surface area (Å²) in [7, 11) is 0. The summed E-state index contributed by atoms with van der Waals surface area (Å²) >= 11 is 0. The van der Waals surface area contributed by atoms with Crippen LogP contribution in [0.15, 0.2) is 0 Å². The molecule has 2 fully saturated rings. The zero-order valence-electron chi connectivity index (χ0n) is 15.6. The molecule has 138 valence electrons. The number of carbonyl (C=O) groups is 2. The third kappa shape index (κ3) is 4.12. The quantitative estimate of drug-likeness (QED) is 0.706. The van der Waals surface area contributed by atoms with E-state index in [9.17, 15) is 14.7 Å². The fourth-order valence-electron chi connectivity index (χ4n) is 5.01. The van der Waals surface area contributed by atoms with Crippen LogP contribution in [-0.2, 0) is 14.3 Å². The van der Waals surface area contributed by atoms with Crippen molar-refractivity contribution in [2.24, 2.45) is 23.2 Å². The summed E-state index contributed by atoms with van der Waals surface area (Å²) in [4.78, 5) is 25.3. The summed E-state index contributed by atoms with van der Waals surface area (Å²) < 4.78 is 5.59. The predicted octanol–water partition coefficient (Wildman–Crippen LogP) is 4.81. The molecule has 2 saturated carbocycles. The van der Waals surface area contributed by atoms with Crippen molar-refractivity contribution in [1.29, 1.82) is 0 Å². The summed E-state index contributed by atoms with van der Waals surface area (Å²) in [5.74, 6) is -1.49. The van der Waals surface area contributed by atoms with E-state index in [1.165, 1.54) is 12.8 Å². The number of hydrogen-bond acceptors (Lipinski definition) is 3. The van der Waals surface area contributed by atoms with Gasteiger partial charge in [-0.1, -0.05) is 38.5 Å². The summed E-state index contributed by atoms with van der Waals surface area (Å²) in [6.45, 7) is 5.58. The van der Waals surface area contributed by atoms with E-state index in [0.29, 0.717) is 0 Å². The number of aliphatic carboxylic acids is 1. The average Bonchev–Trinajstić information content (AvgIpc) is 2.55. The van der Waals surface area contributed by atoms with Crippen LogP contribution < -0.4 is 0 Å². The smallest absolute Gasteiger partial charge is 0.313 e. The minimum absolute atomic E-state index is 0.0999. The molecule has 2 atom stereocenters. The Balaban J connectivity index is 2.36. The molecule has 2 aliphatic rings. The van der Waals surface area contributed by atoms with Crippen molar-refractivity contribution >= 4 is 11.9 Å². The van der Waals surface area contributed by atoms with Gasteiger partial charge < -0.3 is 9.84 Å². The number of hydrogen-bond donors (Lipinski definition) is 1. The van der Waals surface area contributed by atoms with E-state index in [1.54, 1.807) is 0 Å². The molecule has 0 aromatic carbocycles. The van der Waals surface area contributed by atoms with Gasteiger partial charge in [0.05, 0.1) is 17.4 Å². The lowest BCUT2D eigenvalue weighted by atomic mass is 9.58. The number of ether oxygens (including phenoxy) is 1. The highest BCUT2D eigenvalue weighted by atomic mass is 16.5. The number of carboxylic acids is 1. The first-order valence-electron chi connectivity index (χ1n) is 9.81. The first-order valence-corrected chi connectivity index (χ1v) is 9.81. The Kier molecular flexibility index (Phi) is 6.70. The maximum Gasteiger partial charge on any atom is 0.313 e. The Bertz CT molecular complexity index is 433. The lowest BCUT2D eigenvalue weighted by Gasteiger charge is -2.45. The minimum Gasteiger partial charge on any atom is -0.481 e. The maximum atomic E-state index is 13.1. The van der Waals surface area contributed by atoms with Gasteiger partial charge in [-0.05, 0) is 58.3 Å². The van der Waals surface area contributed by atoms with Gasteiger partial charge in [-0.3, -0.25) is 9.59 Å². The highest BCUT2D eigenvalue weighted by molar-refractivity contribution is 5.85. The molecule has 0 heterocycles. The molecule has 0 bridgehead atoms. The van der Waals surface area contributed by atoms with E-state index in [0.717, 1.165) is 51.4 Å². The van der Waals surface area contributed by atoms with E-state index in [1.807, 2.05) is 20.8 Å². The van der Waals surface area contributed by atoms with Gasteiger partial charge in [-0.15, -0.1) is 0 Å².